The number of aromatic nitrogens is 2. The van der Waals surface area contributed by atoms with Gasteiger partial charge in [-0.25, -0.2) is 9.97 Å². The predicted molar refractivity (Wildman–Crippen MR) is 123 cm³/mol. The van der Waals surface area contributed by atoms with Crippen LogP contribution in [0.5, 0.6) is 0 Å². The fourth-order valence-corrected chi connectivity index (χ4v) is 3.25. The molecule has 30 heavy (non-hydrogen) atoms. The molecule has 0 bridgehead atoms. The number of fused-ring (bicyclic) bond motifs is 1. The van der Waals surface area contributed by atoms with Crippen molar-refractivity contribution in [1.82, 2.24) is 9.97 Å². The molecule has 1 heterocycles. The van der Waals surface area contributed by atoms with Gasteiger partial charge in [-0.3, -0.25) is 4.79 Å². The first-order valence-electron chi connectivity index (χ1n) is 9.69. The summed E-state index contributed by atoms with van der Waals surface area (Å²) < 4.78 is 0. The van der Waals surface area contributed by atoms with Gasteiger partial charge in [-0.05, 0) is 48.0 Å². The average molecular weight is 397 g/mol. The summed E-state index contributed by atoms with van der Waals surface area (Å²) in [5, 5.41) is 8.24. The Morgan fingerprint density at radius 3 is 2.33 bits per heavy atom. The smallest absolute Gasteiger partial charge is 0.256 e. The van der Waals surface area contributed by atoms with Gasteiger partial charge in [0.1, 0.15) is 17.5 Å². The minimum absolute atomic E-state index is 0.130. The molecule has 0 radical (unpaired) electrons. The highest BCUT2D eigenvalue weighted by atomic mass is 16.1. The van der Waals surface area contributed by atoms with Crippen molar-refractivity contribution in [3.8, 4) is 0 Å². The van der Waals surface area contributed by atoms with Gasteiger partial charge in [-0.1, -0.05) is 36.4 Å². The van der Waals surface area contributed by atoms with Gasteiger partial charge >= 0.3 is 0 Å². The highest BCUT2D eigenvalue weighted by Crippen LogP contribution is 2.22. The molecule has 1 amide bonds. The summed E-state index contributed by atoms with van der Waals surface area (Å²) >= 11 is 0. The van der Waals surface area contributed by atoms with Gasteiger partial charge < -0.3 is 15.5 Å². The second-order valence-electron chi connectivity index (χ2n) is 7.24. The highest BCUT2D eigenvalue weighted by molar-refractivity contribution is 6.12. The van der Waals surface area contributed by atoms with E-state index in [1.54, 1.807) is 0 Å². The van der Waals surface area contributed by atoms with Crippen LogP contribution in [0.2, 0.25) is 0 Å². The summed E-state index contributed by atoms with van der Waals surface area (Å²) in [6, 6.07) is 23.1. The van der Waals surface area contributed by atoms with Crippen LogP contribution in [0.15, 0.2) is 72.8 Å². The summed E-state index contributed by atoms with van der Waals surface area (Å²) in [4.78, 5) is 23.6. The lowest BCUT2D eigenvalue weighted by Gasteiger charge is -2.14. The number of rotatable bonds is 5. The second-order valence-corrected chi connectivity index (χ2v) is 7.24. The van der Waals surface area contributed by atoms with Gasteiger partial charge in [0.05, 0.1) is 0 Å². The molecule has 150 valence electrons. The van der Waals surface area contributed by atoms with Crippen LogP contribution < -0.4 is 15.5 Å². The van der Waals surface area contributed by atoms with E-state index in [1.165, 1.54) is 0 Å². The lowest BCUT2D eigenvalue weighted by Crippen LogP contribution is -2.13. The maximum Gasteiger partial charge on any atom is 0.256 e. The molecule has 0 atom stereocenters. The first-order valence-corrected chi connectivity index (χ1v) is 9.69. The molecular weight excluding hydrogens is 374 g/mol. The number of anilines is 4. The number of carbonyl (C=O) groups is 1. The van der Waals surface area contributed by atoms with Crippen molar-refractivity contribution in [3.63, 3.8) is 0 Å². The Balaban J connectivity index is 1.49. The van der Waals surface area contributed by atoms with Crippen LogP contribution in [-0.2, 0) is 0 Å². The third-order valence-corrected chi connectivity index (χ3v) is 4.73. The zero-order chi connectivity index (χ0) is 21.1. The third-order valence-electron chi connectivity index (χ3n) is 4.73. The standard InChI is InChI=1S/C24H23N5O/c1-16-25-22(15-23(26-16)29(2)3)27-18-11-13-19(14-12-18)28-24(30)21-10-6-8-17-7-4-5-9-20(17)21/h4-15H,1-3H3,(H,28,30)(H,25,26,27). The van der Waals surface area contributed by atoms with Gasteiger partial charge in [0.25, 0.3) is 5.91 Å². The molecule has 0 saturated carbocycles. The number of amides is 1. The highest BCUT2D eigenvalue weighted by Gasteiger charge is 2.10. The van der Waals surface area contributed by atoms with Crippen molar-refractivity contribution >= 4 is 39.7 Å². The first-order chi connectivity index (χ1) is 14.5. The van der Waals surface area contributed by atoms with Crippen molar-refractivity contribution in [2.45, 2.75) is 6.92 Å². The summed E-state index contributed by atoms with van der Waals surface area (Å²) in [5.74, 6) is 2.12. The van der Waals surface area contributed by atoms with Crippen molar-refractivity contribution in [2.24, 2.45) is 0 Å². The Bertz CT molecular complexity index is 1200. The lowest BCUT2D eigenvalue weighted by atomic mass is 10.0. The van der Waals surface area contributed by atoms with Crippen LogP contribution in [0.4, 0.5) is 23.0 Å². The molecule has 0 fully saturated rings. The van der Waals surface area contributed by atoms with Crippen LogP contribution in [0.25, 0.3) is 10.8 Å². The molecule has 0 aliphatic carbocycles. The maximum absolute atomic E-state index is 12.8. The number of hydrogen-bond donors (Lipinski definition) is 2. The predicted octanol–water partition coefficient (Wildman–Crippen LogP) is 5.00. The number of hydrogen-bond acceptors (Lipinski definition) is 5. The van der Waals surface area contributed by atoms with Crippen LogP contribution in [0, 0.1) is 6.92 Å². The minimum atomic E-state index is -0.130. The summed E-state index contributed by atoms with van der Waals surface area (Å²) in [6.45, 7) is 1.87. The van der Waals surface area contributed by atoms with E-state index in [0.717, 1.165) is 33.8 Å². The van der Waals surface area contributed by atoms with Crippen molar-refractivity contribution < 1.29 is 4.79 Å². The molecule has 0 spiro atoms. The van der Waals surface area contributed by atoms with Gasteiger partial charge in [-0.15, -0.1) is 0 Å². The van der Waals surface area contributed by atoms with Gasteiger partial charge in [-0.2, -0.15) is 0 Å². The quantitative estimate of drug-likeness (QED) is 0.496. The lowest BCUT2D eigenvalue weighted by molar-refractivity contribution is 0.102. The van der Waals surface area contributed by atoms with Crippen molar-refractivity contribution in [3.05, 3.63) is 84.2 Å². The van der Waals surface area contributed by atoms with Crippen molar-refractivity contribution in [2.75, 3.05) is 29.6 Å². The monoisotopic (exact) mass is 397 g/mol. The Hall–Kier alpha value is -3.93. The van der Waals surface area contributed by atoms with E-state index in [0.29, 0.717) is 11.4 Å². The number of aryl methyl sites for hydroxylation is 1. The fourth-order valence-electron chi connectivity index (χ4n) is 3.25. The molecule has 0 unspecified atom stereocenters. The van der Waals surface area contributed by atoms with Gasteiger partial charge in [0.15, 0.2) is 0 Å². The molecule has 6 heteroatoms. The molecule has 4 aromatic rings. The zero-order valence-electron chi connectivity index (χ0n) is 17.2. The molecule has 0 aliphatic heterocycles. The molecule has 6 nitrogen and oxygen atoms in total. The van der Waals surface area contributed by atoms with E-state index in [-0.39, 0.29) is 5.91 Å². The number of carbonyl (C=O) groups excluding carboxylic acids is 1. The Morgan fingerprint density at radius 1 is 0.867 bits per heavy atom. The number of nitrogens with one attached hydrogen (secondary N) is 2. The van der Waals surface area contributed by atoms with Gasteiger partial charge in [0, 0.05) is 37.1 Å². The summed E-state index contributed by atoms with van der Waals surface area (Å²) in [6.07, 6.45) is 0. The van der Waals surface area contributed by atoms with E-state index < -0.39 is 0 Å². The number of nitrogens with zero attached hydrogens (tertiary/aromatic N) is 3. The summed E-state index contributed by atoms with van der Waals surface area (Å²) in [7, 11) is 3.89. The SMILES string of the molecule is Cc1nc(Nc2ccc(NC(=O)c3cccc4ccccc34)cc2)cc(N(C)C)n1. The van der Waals surface area contributed by atoms with Crippen LogP contribution in [0.1, 0.15) is 16.2 Å². The molecular formula is C24H23N5O. The van der Waals surface area contributed by atoms with Crippen LogP contribution in [0.3, 0.4) is 0 Å². The van der Waals surface area contributed by atoms with E-state index in [9.17, 15) is 4.79 Å². The first kappa shape index (κ1) is 19.4. The molecule has 0 aliphatic rings. The van der Waals surface area contributed by atoms with E-state index in [2.05, 4.69) is 20.6 Å². The molecule has 3 aromatic carbocycles. The zero-order valence-corrected chi connectivity index (χ0v) is 17.2. The van der Waals surface area contributed by atoms with E-state index in [1.807, 2.05) is 98.7 Å². The molecule has 2 N–H and O–H groups in total. The van der Waals surface area contributed by atoms with Crippen LogP contribution >= 0.6 is 0 Å². The number of benzene rings is 3. The second kappa shape index (κ2) is 8.21. The third kappa shape index (κ3) is 4.22. The summed E-state index contributed by atoms with van der Waals surface area (Å²) in [5.41, 5.74) is 2.26. The maximum atomic E-state index is 12.8. The topological polar surface area (TPSA) is 70.2 Å². The fraction of sp³-hybridized carbons (Fsp3) is 0.125. The van der Waals surface area contributed by atoms with Gasteiger partial charge in [0.2, 0.25) is 0 Å². The molecule has 4 rings (SSSR count). The Morgan fingerprint density at radius 2 is 1.57 bits per heavy atom. The Labute approximate surface area is 175 Å². The average Bonchev–Trinajstić information content (AvgIpc) is 2.74. The normalized spacial score (nSPS) is 10.6. The minimum Gasteiger partial charge on any atom is -0.363 e. The largest absolute Gasteiger partial charge is 0.363 e. The van der Waals surface area contributed by atoms with Crippen LogP contribution in [-0.4, -0.2) is 30.0 Å². The van der Waals surface area contributed by atoms with Crippen molar-refractivity contribution in [1.29, 1.82) is 0 Å². The molecule has 1 aromatic heterocycles. The van der Waals surface area contributed by atoms with E-state index >= 15 is 0 Å². The Kier molecular flexibility index (Phi) is 5.30. The van der Waals surface area contributed by atoms with E-state index in [4.69, 9.17) is 0 Å². The molecule has 0 saturated heterocycles.